The van der Waals surface area contributed by atoms with Gasteiger partial charge < -0.3 is 4.90 Å². The third kappa shape index (κ3) is 3.87. The van der Waals surface area contributed by atoms with Gasteiger partial charge >= 0.3 is 6.18 Å². The van der Waals surface area contributed by atoms with Gasteiger partial charge in [-0.2, -0.15) is 13.2 Å². The Bertz CT molecular complexity index is 913. The van der Waals surface area contributed by atoms with Gasteiger partial charge in [-0.1, -0.05) is 20.8 Å². The Labute approximate surface area is 162 Å². The maximum absolute atomic E-state index is 13.3. The zero-order chi connectivity index (χ0) is 19.9. The Hall–Kier alpha value is -1.55. The molecule has 2 aromatic rings. The highest BCUT2D eigenvalue weighted by molar-refractivity contribution is 7.99. The molecule has 1 fully saturated rings. The van der Waals surface area contributed by atoms with Crippen LogP contribution in [0, 0.1) is 11.8 Å². The summed E-state index contributed by atoms with van der Waals surface area (Å²) in [5.41, 5.74) is -2.30. The first kappa shape index (κ1) is 20.2. The Morgan fingerprint density at radius 1 is 1.33 bits per heavy atom. The fourth-order valence-corrected chi connectivity index (χ4v) is 5.23. The van der Waals surface area contributed by atoms with Gasteiger partial charge in [-0.15, -0.1) is 23.1 Å². The van der Waals surface area contributed by atoms with Crippen LogP contribution in [-0.2, 0) is 6.18 Å². The smallest absolute Gasteiger partial charge is 0.338 e. The number of amides is 1. The Kier molecular flexibility index (Phi) is 5.58. The van der Waals surface area contributed by atoms with E-state index in [1.807, 2.05) is 20.8 Å². The Balaban J connectivity index is 2.17. The standard InChI is InChI=1S/C17H20F3N3O2S2/c1-4-26-13-12(14(24)22-6-9(2)5-10(3)7-22)15(25)23-11(17(18,19)20)8-27-16(23)21-13/h8-10H,4-7H2,1-3H3. The van der Waals surface area contributed by atoms with Crippen molar-refractivity contribution >= 4 is 34.0 Å². The van der Waals surface area contributed by atoms with Gasteiger partial charge in [-0.25, -0.2) is 9.38 Å². The lowest BCUT2D eigenvalue weighted by molar-refractivity contribution is -0.141. The van der Waals surface area contributed by atoms with Crippen molar-refractivity contribution < 1.29 is 18.0 Å². The third-order valence-corrected chi connectivity index (χ3v) is 6.16. The predicted molar refractivity (Wildman–Crippen MR) is 99.6 cm³/mol. The number of rotatable bonds is 3. The highest BCUT2D eigenvalue weighted by Gasteiger charge is 2.37. The quantitative estimate of drug-likeness (QED) is 0.557. The summed E-state index contributed by atoms with van der Waals surface area (Å²) in [6.07, 6.45) is -3.73. The number of piperidine rings is 1. The van der Waals surface area contributed by atoms with E-state index < -0.39 is 23.3 Å². The zero-order valence-electron chi connectivity index (χ0n) is 15.2. The van der Waals surface area contributed by atoms with Gasteiger partial charge in [0.25, 0.3) is 11.5 Å². The number of hydrogen-bond acceptors (Lipinski definition) is 5. The number of hydrogen-bond donors (Lipinski definition) is 0. The maximum Gasteiger partial charge on any atom is 0.432 e. The van der Waals surface area contributed by atoms with E-state index in [-0.39, 0.29) is 27.4 Å². The molecule has 27 heavy (non-hydrogen) atoms. The fraction of sp³-hybridized carbons (Fsp3) is 0.588. The van der Waals surface area contributed by atoms with E-state index in [2.05, 4.69) is 4.98 Å². The molecule has 0 aromatic carbocycles. The lowest BCUT2D eigenvalue weighted by Crippen LogP contribution is -2.45. The van der Waals surface area contributed by atoms with Crippen LogP contribution in [0.15, 0.2) is 15.2 Å². The van der Waals surface area contributed by atoms with Crippen molar-refractivity contribution in [1.82, 2.24) is 14.3 Å². The van der Waals surface area contributed by atoms with Crippen LogP contribution in [0.4, 0.5) is 13.2 Å². The minimum atomic E-state index is -4.70. The van der Waals surface area contributed by atoms with Gasteiger partial charge in [0.1, 0.15) is 16.3 Å². The largest absolute Gasteiger partial charge is 0.432 e. The Morgan fingerprint density at radius 2 is 1.96 bits per heavy atom. The van der Waals surface area contributed by atoms with Crippen LogP contribution in [0.25, 0.3) is 4.96 Å². The van der Waals surface area contributed by atoms with Crippen LogP contribution in [0.3, 0.4) is 0 Å². The van der Waals surface area contributed by atoms with E-state index in [1.54, 1.807) is 4.90 Å². The van der Waals surface area contributed by atoms with Crippen LogP contribution >= 0.6 is 23.1 Å². The fourth-order valence-electron chi connectivity index (χ4n) is 3.54. The molecule has 0 spiro atoms. The molecule has 3 heterocycles. The number of likely N-dealkylation sites (tertiary alicyclic amines) is 1. The molecule has 5 nitrogen and oxygen atoms in total. The zero-order valence-corrected chi connectivity index (χ0v) is 16.8. The van der Waals surface area contributed by atoms with E-state index in [9.17, 15) is 22.8 Å². The van der Waals surface area contributed by atoms with E-state index in [0.717, 1.165) is 23.1 Å². The number of halogens is 3. The first-order valence-corrected chi connectivity index (χ1v) is 10.5. The summed E-state index contributed by atoms with van der Waals surface area (Å²) in [5.74, 6) is 0.556. The van der Waals surface area contributed by atoms with Crippen molar-refractivity contribution in [2.24, 2.45) is 11.8 Å². The van der Waals surface area contributed by atoms with Crippen molar-refractivity contribution in [1.29, 1.82) is 0 Å². The SMILES string of the molecule is CCSc1nc2scc(C(F)(F)F)n2c(=O)c1C(=O)N1CC(C)CC(C)C1. The van der Waals surface area contributed by atoms with Crippen molar-refractivity contribution in [2.75, 3.05) is 18.8 Å². The minimum Gasteiger partial charge on any atom is -0.338 e. The number of nitrogens with zero attached hydrogens (tertiary/aromatic N) is 3. The van der Waals surface area contributed by atoms with Gasteiger partial charge in [0.15, 0.2) is 4.96 Å². The summed E-state index contributed by atoms with van der Waals surface area (Å²) in [5, 5.41) is 1.07. The molecule has 1 aliphatic heterocycles. The topological polar surface area (TPSA) is 54.7 Å². The average molecular weight is 419 g/mol. The average Bonchev–Trinajstić information content (AvgIpc) is 2.98. The van der Waals surface area contributed by atoms with Crippen LogP contribution in [-0.4, -0.2) is 39.0 Å². The lowest BCUT2D eigenvalue weighted by Gasteiger charge is -2.35. The number of fused-ring (bicyclic) bond motifs is 1. The van der Waals surface area contributed by atoms with Crippen LogP contribution < -0.4 is 5.56 Å². The summed E-state index contributed by atoms with van der Waals surface area (Å²) >= 11 is 1.94. The molecule has 0 N–H and O–H groups in total. The van der Waals surface area contributed by atoms with Gasteiger partial charge in [-0.05, 0) is 24.0 Å². The summed E-state index contributed by atoms with van der Waals surface area (Å²) in [6.45, 7) is 6.84. The third-order valence-electron chi connectivity index (χ3n) is 4.48. The molecule has 1 aliphatic rings. The van der Waals surface area contributed by atoms with Crippen molar-refractivity contribution in [2.45, 2.75) is 38.4 Å². The Morgan fingerprint density at radius 3 is 2.52 bits per heavy atom. The molecule has 2 aromatic heterocycles. The molecule has 1 amide bonds. The summed E-state index contributed by atoms with van der Waals surface area (Å²) in [7, 11) is 0. The first-order valence-electron chi connectivity index (χ1n) is 8.67. The molecule has 2 unspecified atom stereocenters. The van der Waals surface area contributed by atoms with E-state index >= 15 is 0 Å². The predicted octanol–water partition coefficient (Wildman–Crippen LogP) is 4.00. The van der Waals surface area contributed by atoms with E-state index in [0.29, 0.717) is 23.2 Å². The maximum atomic E-state index is 13.3. The normalized spacial score (nSPS) is 21.0. The van der Waals surface area contributed by atoms with E-state index in [1.165, 1.54) is 11.8 Å². The molecule has 10 heteroatoms. The number of thiazole rings is 1. The molecule has 3 rings (SSSR count). The molecule has 2 atom stereocenters. The highest BCUT2D eigenvalue weighted by Crippen LogP contribution is 2.33. The summed E-state index contributed by atoms with van der Waals surface area (Å²) < 4.78 is 40.4. The number of thioether (sulfide) groups is 1. The van der Waals surface area contributed by atoms with Crippen LogP contribution in [0.1, 0.15) is 43.2 Å². The van der Waals surface area contributed by atoms with Gasteiger partial charge in [0.05, 0.1) is 0 Å². The molecule has 1 saturated heterocycles. The van der Waals surface area contributed by atoms with Crippen molar-refractivity contribution in [3.8, 4) is 0 Å². The van der Waals surface area contributed by atoms with Crippen molar-refractivity contribution in [3.05, 3.63) is 27.0 Å². The molecule has 0 aliphatic carbocycles. The molecule has 148 valence electrons. The van der Waals surface area contributed by atoms with E-state index in [4.69, 9.17) is 0 Å². The molecular formula is C17H20F3N3O2S2. The monoisotopic (exact) mass is 419 g/mol. The first-order chi connectivity index (χ1) is 12.6. The number of alkyl halides is 3. The number of aromatic nitrogens is 2. The van der Waals surface area contributed by atoms with Crippen LogP contribution in [0.2, 0.25) is 0 Å². The second kappa shape index (κ2) is 7.46. The van der Waals surface area contributed by atoms with Gasteiger partial charge in [0, 0.05) is 18.5 Å². The van der Waals surface area contributed by atoms with Gasteiger partial charge in [0.2, 0.25) is 0 Å². The summed E-state index contributed by atoms with van der Waals surface area (Å²) in [4.78, 5) is 31.8. The minimum absolute atomic E-state index is 0.0554. The van der Waals surface area contributed by atoms with Crippen LogP contribution in [0.5, 0.6) is 0 Å². The molecule has 0 saturated carbocycles. The van der Waals surface area contributed by atoms with Gasteiger partial charge in [-0.3, -0.25) is 9.59 Å². The lowest BCUT2D eigenvalue weighted by atomic mass is 9.91. The molecular weight excluding hydrogens is 399 g/mol. The summed E-state index contributed by atoms with van der Waals surface area (Å²) in [6, 6.07) is 0. The number of carbonyl (C=O) groups is 1. The second-order valence-corrected chi connectivity index (χ2v) is 9.01. The molecule has 0 bridgehead atoms. The second-order valence-electron chi connectivity index (χ2n) is 6.92. The van der Waals surface area contributed by atoms with Crippen molar-refractivity contribution in [3.63, 3.8) is 0 Å². The highest BCUT2D eigenvalue weighted by atomic mass is 32.2. The molecule has 0 radical (unpaired) electrons. The number of carbonyl (C=O) groups excluding carboxylic acids is 1.